The first kappa shape index (κ1) is 9.95. The average molecular weight is 208 g/mol. The molecule has 80 valence electrons. The minimum Gasteiger partial charge on any atom is -0.497 e. The largest absolute Gasteiger partial charge is 0.497 e. The van der Waals surface area contributed by atoms with Crippen molar-refractivity contribution in [2.45, 2.75) is 12.5 Å². The number of carbonyl (C=O) groups is 1. The first-order chi connectivity index (χ1) is 7.13. The molecule has 0 bridgehead atoms. The van der Waals surface area contributed by atoms with E-state index in [2.05, 4.69) is 0 Å². The van der Waals surface area contributed by atoms with Gasteiger partial charge in [0.25, 0.3) is 5.91 Å². The Kier molecular flexibility index (Phi) is 2.34. The van der Waals surface area contributed by atoms with Gasteiger partial charge in [-0.1, -0.05) is 6.07 Å². The summed E-state index contributed by atoms with van der Waals surface area (Å²) in [4.78, 5) is 11.4. The number of ether oxygens (including phenoxy) is 1. The summed E-state index contributed by atoms with van der Waals surface area (Å²) < 4.78 is 5.01. The van der Waals surface area contributed by atoms with Gasteiger partial charge in [-0.05, 0) is 18.1 Å². The number of hydrogen-bond donors (Lipinski definition) is 2. The number of hydrogen-bond acceptors (Lipinski definition) is 4. The van der Waals surface area contributed by atoms with Gasteiger partial charge in [0.05, 0.1) is 18.8 Å². The summed E-state index contributed by atoms with van der Waals surface area (Å²) in [5.74, 6) is 0.104. The number of nitrogens with two attached hydrogens (primary N) is 1. The van der Waals surface area contributed by atoms with E-state index in [0.29, 0.717) is 22.9 Å². The lowest BCUT2D eigenvalue weighted by Crippen LogP contribution is -2.47. The van der Waals surface area contributed by atoms with Gasteiger partial charge in [-0.2, -0.15) is 5.06 Å². The quantitative estimate of drug-likeness (QED) is 0.651. The van der Waals surface area contributed by atoms with Crippen LogP contribution in [0, 0.1) is 0 Å². The van der Waals surface area contributed by atoms with Gasteiger partial charge in [-0.25, -0.2) is 0 Å². The van der Waals surface area contributed by atoms with Crippen LogP contribution in [0.15, 0.2) is 18.2 Å². The maximum atomic E-state index is 11.4. The zero-order chi connectivity index (χ0) is 11.0. The van der Waals surface area contributed by atoms with Crippen molar-refractivity contribution in [3.63, 3.8) is 0 Å². The van der Waals surface area contributed by atoms with Crippen LogP contribution < -0.4 is 15.5 Å². The SMILES string of the molecule is COc1ccc2c(c1)N(O)C(=O)[C@H](N)C2. The topological polar surface area (TPSA) is 75.8 Å². The van der Waals surface area contributed by atoms with E-state index in [9.17, 15) is 10.0 Å². The third-order valence-electron chi connectivity index (χ3n) is 2.49. The van der Waals surface area contributed by atoms with E-state index in [-0.39, 0.29) is 0 Å². The first-order valence-electron chi connectivity index (χ1n) is 4.59. The molecule has 5 nitrogen and oxygen atoms in total. The van der Waals surface area contributed by atoms with E-state index >= 15 is 0 Å². The molecule has 0 fully saturated rings. The Morgan fingerprint density at radius 1 is 1.60 bits per heavy atom. The van der Waals surface area contributed by atoms with Gasteiger partial charge in [0.2, 0.25) is 0 Å². The number of anilines is 1. The van der Waals surface area contributed by atoms with Crippen molar-refractivity contribution < 1.29 is 14.7 Å². The predicted molar refractivity (Wildman–Crippen MR) is 53.9 cm³/mol. The van der Waals surface area contributed by atoms with Crippen LogP contribution in [0.5, 0.6) is 5.75 Å². The Morgan fingerprint density at radius 2 is 2.33 bits per heavy atom. The molecule has 1 aliphatic rings. The van der Waals surface area contributed by atoms with Crippen LogP contribution in [0.25, 0.3) is 0 Å². The second-order valence-corrected chi connectivity index (χ2v) is 3.46. The van der Waals surface area contributed by atoms with Crippen LogP contribution in [0.1, 0.15) is 5.56 Å². The number of methoxy groups -OCH3 is 1. The summed E-state index contributed by atoms with van der Waals surface area (Å²) in [6.07, 6.45) is 0.440. The van der Waals surface area contributed by atoms with Gasteiger partial charge >= 0.3 is 0 Å². The van der Waals surface area contributed by atoms with Crippen molar-refractivity contribution in [2.75, 3.05) is 12.2 Å². The lowest BCUT2D eigenvalue weighted by molar-refractivity contribution is -0.125. The highest BCUT2D eigenvalue weighted by molar-refractivity contribution is 5.98. The predicted octanol–water partition coefficient (Wildman–Crippen LogP) is 0.301. The minimum atomic E-state index is -0.670. The summed E-state index contributed by atoms with van der Waals surface area (Å²) in [5, 5.41) is 10.2. The summed E-state index contributed by atoms with van der Waals surface area (Å²) in [7, 11) is 1.53. The van der Waals surface area contributed by atoms with Crippen LogP contribution in [0.4, 0.5) is 5.69 Å². The Bertz CT molecular complexity index is 406. The number of carbonyl (C=O) groups excluding carboxylic acids is 1. The smallest absolute Gasteiger partial charge is 0.267 e. The van der Waals surface area contributed by atoms with E-state index in [0.717, 1.165) is 5.56 Å². The fraction of sp³-hybridized carbons (Fsp3) is 0.300. The number of nitrogens with zero attached hydrogens (tertiary/aromatic N) is 1. The molecule has 0 saturated carbocycles. The van der Waals surface area contributed by atoms with Crippen molar-refractivity contribution in [1.29, 1.82) is 0 Å². The zero-order valence-electron chi connectivity index (χ0n) is 8.30. The molecule has 1 aliphatic heterocycles. The van der Waals surface area contributed by atoms with Crippen molar-refractivity contribution in [3.05, 3.63) is 23.8 Å². The molecule has 5 heteroatoms. The molecule has 1 amide bonds. The summed E-state index contributed by atoms with van der Waals surface area (Å²) in [6.45, 7) is 0. The van der Waals surface area contributed by atoms with Crippen LogP contribution >= 0.6 is 0 Å². The highest BCUT2D eigenvalue weighted by atomic mass is 16.5. The number of hydroxylamine groups is 1. The van der Waals surface area contributed by atoms with Crippen LogP contribution in [-0.4, -0.2) is 24.3 Å². The zero-order valence-corrected chi connectivity index (χ0v) is 8.30. The van der Waals surface area contributed by atoms with E-state index in [1.807, 2.05) is 0 Å². The molecular weight excluding hydrogens is 196 g/mol. The van der Waals surface area contributed by atoms with Gasteiger partial charge in [-0.15, -0.1) is 0 Å². The third kappa shape index (κ3) is 1.55. The van der Waals surface area contributed by atoms with E-state index in [4.69, 9.17) is 10.5 Å². The molecule has 0 aliphatic carbocycles. The molecular formula is C10H12N2O3. The van der Waals surface area contributed by atoms with Crippen LogP contribution in [-0.2, 0) is 11.2 Å². The second kappa shape index (κ2) is 3.52. The molecule has 0 saturated heterocycles. The fourth-order valence-electron chi connectivity index (χ4n) is 1.64. The van der Waals surface area contributed by atoms with Gasteiger partial charge in [0, 0.05) is 6.07 Å². The fourth-order valence-corrected chi connectivity index (χ4v) is 1.64. The molecule has 0 radical (unpaired) electrons. The third-order valence-corrected chi connectivity index (χ3v) is 2.49. The Morgan fingerprint density at radius 3 is 3.00 bits per heavy atom. The van der Waals surface area contributed by atoms with Gasteiger partial charge < -0.3 is 10.5 Å². The Balaban J connectivity index is 2.47. The van der Waals surface area contributed by atoms with Crippen LogP contribution in [0.3, 0.4) is 0 Å². The standard InChI is InChI=1S/C10H12N2O3/c1-15-7-3-2-6-4-8(11)10(13)12(14)9(6)5-7/h2-3,5,8,14H,4,11H2,1H3/t8-/m1/s1. The van der Waals surface area contributed by atoms with Crippen molar-refractivity contribution in [2.24, 2.45) is 5.73 Å². The number of rotatable bonds is 1. The van der Waals surface area contributed by atoms with Crippen LogP contribution in [0.2, 0.25) is 0 Å². The molecule has 1 aromatic carbocycles. The van der Waals surface area contributed by atoms with Gasteiger partial charge in [0.1, 0.15) is 5.75 Å². The highest BCUT2D eigenvalue weighted by Gasteiger charge is 2.29. The van der Waals surface area contributed by atoms with E-state index in [1.165, 1.54) is 7.11 Å². The van der Waals surface area contributed by atoms with Crippen molar-refractivity contribution >= 4 is 11.6 Å². The van der Waals surface area contributed by atoms with Crippen molar-refractivity contribution in [3.8, 4) is 5.75 Å². The molecule has 1 aromatic rings. The molecule has 0 unspecified atom stereocenters. The van der Waals surface area contributed by atoms with E-state index in [1.54, 1.807) is 18.2 Å². The Labute approximate surface area is 87.0 Å². The lowest BCUT2D eigenvalue weighted by atomic mass is 9.99. The van der Waals surface area contributed by atoms with Crippen molar-refractivity contribution in [1.82, 2.24) is 0 Å². The highest BCUT2D eigenvalue weighted by Crippen LogP contribution is 2.29. The molecule has 15 heavy (non-hydrogen) atoms. The Hall–Kier alpha value is -1.59. The molecule has 1 atom stereocenters. The monoisotopic (exact) mass is 208 g/mol. The first-order valence-corrected chi connectivity index (χ1v) is 4.59. The molecule has 1 heterocycles. The van der Waals surface area contributed by atoms with Gasteiger partial charge in [0.15, 0.2) is 0 Å². The number of amides is 1. The molecule has 2 rings (SSSR count). The maximum absolute atomic E-state index is 11.4. The van der Waals surface area contributed by atoms with Gasteiger partial charge in [-0.3, -0.25) is 10.0 Å². The molecule has 0 aromatic heterocycles. The minimum absolute atomic E-state index is 0.440. The second-order valence-electron chi connectivity index (χ2n) is 3.46. The summed E-state index contributed by atoms with van der Waals surface area (Å²) in [5.41, 5.74) is 6.86. The lowest BCUT2D eigenvalue weighted by Gasteiger charge is -2.27. The normalized spacial score (nSPS) is 20.1. The van der Waals surface area contributed by atoms with E-state index < -0.39 is 11.9 Å². The maximum Gasteiger partial charge on any atom is 0.267 e. The summed E-state index contributed by atoms with van der Waals surface area (Å²) >= 11 is 0. The number of benzene rings is 1. The number of fused-ring (bicyclic) bond motifs is 1. The molecule has 3 N–H and O–H groups in total. The average Bonchev–Trinajstić information content (AvgIpc) is 2.26. The molecule has 0 spiro atoms. The summed E-state index contributed by atoms with van der Waals surface area (Å²) in [6, 6.07) is 4.51.